The number of amides is 1. The van der Waals surface area contributed by atoms with E-state index >= 15 is 0 Å². The van der Waals surface area contributed by atoms with Crippen LogP contribution in [0.1, 0.15) is 22.7 Å². The summed E-state index contributed by atoms with van der Waals surface area (Å²) in [5.74, 6) is -1.69. The van der Waals surface area contributed by atoms with Crippen molar-refractivity contribution < 1.29 is 25.3 Å². The second-order valence-corrected chi connectivity index (χ2v) is 5.69. The molecule has 1 amide bonds. The van der Waals surface area contributed by atoms with Crippen LogP contribution in [0, 0.1) is 0 Å². The van der Waals surface area contributed by atoms with Gasteiger partial charge in [-0.15, -0.1) is 11.3 Å². The van der Waals surface area contributed by atoms with E-state index in [0.29, 0.717) is 24.8 Å². The first-order chi connectivity index (χ1) is 10.5. The number of rotatable bonds is 6. The Morgan fingerprint density at radius 1 is 1.14 bits per heavy atom. The summed E-state index contributed by atoms with van der Waals surface area (Å²) < 4.78 is 0. The predicted molar refractivity (Wildman–Crippen MR) is 79.2 cm³/mol. The van der Waals surface area contributed by atoms with Crippen molar-refractivity contribution in [2.24, 2.45) is 0 Å². The third kappa shape index (κ3) is 4.09. The first-order valence-electron chi connectivity index (χ1n) is 6.59. The largest absolute Gasteiger partial charge is 0.504 e. The smallest absolute Gasteiger partial charge is 0.243 e. The van der Waals surface area contributed by atoms with Crippen LogP contribution in [0.2, 0.25) is 0 Å². The quantitative estimate of drug-likeness (QED) is 0.312. The Bertz CT molecular complexity index is 648. The molecule has 5 N–H and O–H groups in total. The lowest BCUT2D eigenvalue weighted by Gasteiger charge is -2.05. The van der Waals surface area contributed by atoms with Crippen molar-refractivity contribution in [3.8, 4) is 17.2 Å². The molecule has 8 heteroatoms. The van der Waals surface area contributed by atoms with Gasteiger partial charge in [0.05, 0.1) is 10.7 Å². The number of aryl methyl sites for hydroxylation is 3. The molecule has 0 fully saturated rings. The molecule has 0 unspecified atom stereocenters. The molecule has 0 spiro atoms. The Balaban J connectivity index is 1.92. The van der Waals surface area contributed by atoms with Crippen LogP contribution in [-0.4, -0.2) is 31.4 Å². The van der Waals surface area contributed by atoms with Crippen LogP contribution in [0.25, 0.3) is 0 Å². The Morgan fingerprint density at radius 2 is 1.82 bits per heavy atom. The van der Waals surface area contributed by atoms with E-state index in [-0.39, 0.29) is 17.9 Å². The molecule has 0 saturated carbocycles. The summed E-state index contributed by atoms with van der Waals surface area (Å²) in [6.45, 7) is 0. The molecular formula is C14H16N2O5S. The molecule has 0 aliphatic heterocycles. The number of aromatic nitrogens is 1. The van der Waals surface area contributed by atoms with Crippen molar-refractivity contribution >= 4 is 17.2 Å². The van der Waals surface area contributed by atoms with Crippen LogP contribution in [0.5, 0.6) is 17.2 Å². The highest BCUT2D eigenvalue weighted by molar-refractivity contribution is 7.09. The Labute approximate surface area is 130 Å². The molecule has 0 saturated heterocycles. The molecule has 0 atom stereocenters. The number of hydrogen-bond donors (Lipinski definition) is 5. The van der Waals surface area contributed by atoms with Gasteiger partial charge in [-0.25, -0.2) is 10.5 Å². The topological polar surface area (TPSA) is 123 Å². The zero-order chi connectivity index (χ0) is 16.1. The van der Waals surface area contributed by atoms with E-state index in [2.05, 4.69) is 4.98 Å². The van der Waals surface area contributed by atoms with Gasteiger partial charge in [0.25, 0.3) is 0 Å². The van der Waals surface area contributed by atoms with E-state index in [0.717, 1.165) is 10.7 Å². The number of phenols is 3. The molecule has 2 aromatic rings. The minimum atomic E-state index is -0.526. The Kier molecular flexibility index (Phi) is 5.18. The third-order valence-corrected chi connectivity index (χ3v) is 4.05. The number of benzene rings is 1. The lowest BCUT2D eigenvalue weighted by atomic mass is 10.1. The zero-order valence-electron chi connectivity index (χ0n) is 11.6. The molecule has 0 aliphatic carbocycles. The fraction of sp³-hybridized carbons (Fsp3) is 0.286. The molecular weight excluding hydrogens is 308 g/mol. The first kappa shape index (κ1) is 16.1. The highest BCUT2D eigenvalue weighted by Gasteiger charge is 2.10. The van der Waals surface area contributed by atoms with Gasteiger partial charge in [-0.05, 0) is 30.5 Å². The summed E-state index contributed by atoms with van der Waals surface area (Å²) in [7, 11) is 0. The zero-order valence-corrected chi connectivity index (χ0v) is 12.4. The van der Waals surface area contributed by atoms with E-state index in [1.165, 1.54) is 23.5 Å². The van der Waals surface area contributed by atoms with Crippen molar-refractivity contribution in [2.75, 3.05) is 0 Å². The van der Waals surface area contributed by atoms with E-state index < -0.39 is 11.7 Å². The molecule has 0 aliphatic rings. The second-order valence-electron chi connectivity index (χ2n) is 4.75. The Hall–Kier alpha value is -2.32. The van der Waals surface area contributed by atoms with Gasteiger partial charge in [-0.1, -0.05) is 0 Å². The summed E-state index contributed by atoms with van der Waals surface area (Å²) in [6.07, 6.45) is 1.77. The van der Waals surface area contributed by atoms with Gasteiger partial charge >= 0.3 is 0 Å². The van der Waals surface area contributed by atoms with Crippen LogP contribution >= 0.6 is 11.3 Å². The van der Waals surface area contributed by atoms with Crippen molar-refractivity contribution in [1.29, 1.82) is 0 Å². The van der Waals surface area contributed by atoms with Gasteiger partial charge < -0.3 is 15.3 Å². The second kappa shape index (κ2) is 7.10. The molecule has 7 nitrogen and oxygen atoms in total. The number of nitrogens with one attached hydrogen (secondary N) is 1. The normalized spacial score (nSPS) is 10.6. The summed E-state index contributed by atoms with van der Waals surface area (Å²) in [6, 6.07) is 2.80. The van der Waals surface area contributed by atoms with E-state index in [9.17, 15) is 20.1 Å². The Morgan fingerprint density at radius 3 is 2.45 bits per heavy atom. The maximum Gasteiger partial charge on any atom is 0.243 e. The van der Waals surface area contributed by atoms with Crippen molar-refractivity contribution in [2.45, 2.75) is 25.7 Å². The summed E-state index contributed by atoms with van der Waals surface area (Å²) in [5, 5.41) is 39.3. The van der Waals surface area contributed by atoms with Gasteiger partial charge in [-0.2, -0.15) is 0 Å². The standard InChI is InChI=1S/C14H16N2O5S/c17-10-5-8(6-11(18)14(10)20)1-4-13-15-9(7-22-13)2-3-12(19)16-21/h5-7,17-18,20-21H,1-4H2,(H,16,19). The van der Waals surface area contributed by atoms with E-state index in [4.69, 9.17) is 5.21 Å². The fourth-order valence-electron chi connectivity index (χ4n) is 1.93. The molecule has 2 rings (SSSR count). The highest BCUT2D eigenvalue weighted by Crippen LogP contribution is 2.35. The van der Waals surface area contributed by atoms with Gasteiger partial charge in [0.2, 0.25) is 5.91 Å². The number of aromatic hydroxyl groups is 3. The van der Waals surface area contributed by atoms with Crippen LogP contribution < -0.4 is 5.48 Å². The van der Waals surface area contributed by atoms with E-state index in [1.54, 1.807) is 5.48 Å². The summed E-state index contributed by atoms with van der Waals surface area (Å²) in [4.78, 5) is 15.3. The van der Waals surface area contributed by atoms with Crippen LogP contribution in [0.15, 0.2) is 17.5 Å². The number of hydrogen-bond acceptors (Lipinski definition) is 7. The number of hydroxylamine groups is 1. The van der Waals surface area contributed by atoms with Crippen LogP contribution in [-0.2, 0) is 24.1 Å². The molecule has 0 bridgehead atoms. The third-order valence-electron chi connectivity index (χ3n) is 3.09. The molecule has 1 aromatic carbocycles. The molecule has 0 radical (unpaired) electrons. The number of carbonyl (C=O) groups excluding carboxylic acids is 1. The predicted octanol–water partition coefficient (Wildman–Crippen LogP) is 1.48. The first-order valence-corrected chi connectivity index (χ1v) is 7.47. The fourth-order valence-corrected chi connectivity index (χ4v) is 2.77. The van der Waals surface area contributed by atoms with E-state index in [1.807, 2.05) is 5.38 Å². The van der Waals surface area contributed by atoms with Crippen LogP contribution in [0.3, 0.4) is 0 Å². The summed E-state index contributed by atoms with van der Waals surface area (Å²) >= 11 is 1.46. The van der Waals surface area contributed by atoms with Crippen LogP contribution in [0.4, 0.5) is 0 Å². The highest BCUT2D eigenvalue weighted by atomic mass is 32.1. The van der Waals surface area contributed by atoms with Gasteiger partial charge in [-0.3, -0.25) is 10.0 Å². The molecule has 1 aromatic heterocycles. The average molecular weight is 324 g/mol. The number of nitrogens with zero attached hydrogens (tertiary/aromatic N) is 1. The number of phenolic OH excluding ortho intramolecular Hbond substituents is 3. The molecule has 1 heterocycles. The van der Waals surface area contributed by atoms with Crippen molar-refractivity contribution in [3.05, 3.63) is 33.8 Å². The summed E-state index contributed by atoms with van der Waals surface area (Å²) in [5.41, 5.74) is 3.03. The lowest BCUT2D eigenvalue weighted by molar-refractivity contribution is -0.129. The minimum Gasteiger partial charge on any atom is -0.504 e. The van der Waals surface area contributed by atoms with Gasteiger partial charge in [0.1, 0.15) is 0 Å². The molecule has 118 valence electrons. The van der Waals surface area contributed by atoms with Gasteiger partial charge in [0, 0.05) is 18.2 Å². The maximum absolute atomic E-state index is 10.9. The average Bonchev–Trinajstić information content (AvgIpc) is 2.96. The minimum absolute atomic E-state index is 0.166. The number of carbonyl (C=O) groups is 1. The molecule has 22 heavy (non-hydrogen) atoms. The monoisotopic (exact) mass is 324 g/mol. The van der Waals surface area contributed by atoms with Gasteiger partial charge in [0.15, 0.2) is 17.2 Å². The maximum atomic E-state index is 10.9. The van der Waals surface area contributed by atoms with Crippen molar-refractivity contribution in [1.82, 2.24) is 10.5 Å². The SMILES string of the molecule is O=C(CCc1csc(CCc2cc(O)c(O)c(O)c2)n1)NO. The van der Waals surface area contributed by atoms with Crippen molar-refractivity contribution in [3.63, 3.8) is 0 Å². The lowest BCUT2D eigenvalue weighted by Crippen LogP contribution is -2.18. The number of thiazole rings is 1.